The summed E-state index contributed by atoms with van der Waals surface area (Å²) in [5.41, 5.74) is -0.454. The van der Waals surface area contributed by atoms with Gasteiger partial charge in [0.1, 0.15) is 0 Å². The lowest BCUT2D eigenvalue weighted by atomic mass is 10.4. The first-order valence-corrected chi connectivity index (χ1v) is 4.51. The summed E-state index contributed by atoms with van der Waals surface area (Å²) in [5, 5.41) is 10.5. The van der Waals surface area contributed by atoms with Gasteiger partial charge in [-0.15, -0.1) is 0 Å². The molecule has 0 unspecified atom stereocenters. The number of pyridine rings is 1. The van der Waals surface area contributed by atoms with Crippen LogP contribution in [0.5, 0.6) is 5.88 Å². The maximum absolute atomic E-state index is 11.8. The lowest BCUT2D eigenvalue weighted by Crippen LogP contribution is -2.09. The van der Waals surface area contributed by atoms with Gasteiger partial charge < -0.3 is 4.74 Å². The van der Waals surface area contributed by atoms with Crippen molar-refractivity contribution in [3.8, 4) is 5.88 Å². The van der Waals surface area contributed by atoms with E-state index in [9.17, 15) is 18.9 Å². The van der Waals surface area contributed by atoms with Gasteiger partial charge in [0, 0.05) is 16.7 Å². The highest BCUT2D eigenvalue weighted by Gasteiger charge is 2.18. The fourth-order valence-corrected chi connectivity index (χ4v) is 1.12. The van der Waals surface area contributed by atoms with Crippen molar-refractivity contribution in [2.75, 3.05) is 6.61 Å². The lowest BCUT2D eigenvalue weighted by molar-refractivity contribution is -0.386. The largest absolute Gasteiger partial charge is 0.467 e. The molecule has 8 heteroatoms. The summed E-state index contributed by atoms with van der Waals surface area (Å²) >= 11 is 2.97. The minimum Gasteiger partial charge on any atom is -0.467 e. The van der Waals surface area contributed by atoms with Crippen molar-refractivity contribution >= 4 is 21.6 Å². The van der Waals surface area contributed by atoms with E-state index in [2.05, 4.69) is 25.7 Å². The van der Waals surface area contributed by atoms with E-state index in [-0.39, 0.29) is 0 Å². The van der Waals surface area contributed by atoms with Gasteiger partial charge in [0.15, 0.2) is 6.61 Å². The summed E-state index contributed by atoms with van der Waals surface area (Å²) in [6.45, 7) is -0.921. The first kappa shape index (κ1) is 11.8. The highest BCUT2D eigenvalue weighted by Crippen LogP contribution is 2.27. The Kier molecular flexibility index (Phi) is 3.89. The quantitative estimate of drug-likeness (QED) is 0.628. The number of ether oxygens (including phenoxy) is 1. The second-order valence-corrected chi connectivity index (χ2v) is 3.35. The van der Waals surface area contributed by atoms with Gasteiger partial charge in [-0.2, -0.15) is 0 Å². The van der Waals surface area contributed by atoms with Crippen LogP contribution in [0.3, 0.4) is 0 Å². The van der Waals surface area contributed by atoms with Crippen LogP contribution < -0.4 is 4.74 Å². The van der Waals surface area contributed by atoms with Crippen molar-refractivity contribution in [3.63, 3.8) is 0 Å². The third-order valence-corrected chi connectivity index (χ3v) is 1.78. The Hall–Kier alpha value is -1.31. The topological polar surface area (TPSA) is 65.3 Å². The molecule has 1 heterocycles. The number of hydrogen-bond donors (Lipinski definition) is 0. The molecule has 1 rings (SSSR count). The molecule has 0 radical (unpaired) electrons. The minimum absolute atomic E-state index is 0.374. The van der Waals surface area contributed by atoms with Crippen LogP contribution in [-0.4, -0.2) is 22.9 Å². The molecule has 0 aliphatic rings. The van der Waals surface area contributed by atoms with Gasteiger partial charge in [0.2, 0.25) is 0 Å². The number of hydrogen-bond acceptors (Lipinski definition) is 4. The molecule has 15 heavy (non-hydrogen) atoms. The Labute approximate surface area is 91.3 Å². The highest BCUT2D eigenvalue weighted by atomic mass is 79.9. The van der Waals surface area contributed by atoms with Gasteiger partial charge in [-0.1, -0.05) is 0 Å². The molecule has 0 aliphatic heterocycles. The number of nitro groups is 1. The molecule has 0 fully saturated rings. The summed E-state index contributed by atoms with van der Waals surface area (Å²) in [7, 11) is 0. The van der Waals surface area contributed by atoms with Crippen molar-refractivity contribution in [2.24, 2.45) is 0 Å². The van der Waals surface area contributed by atoms with Crippen LogP contribution in [0, 0.1) is 10.1 Å². The maximum atomic E-state index is 11.8. The monoisotopic (exact) mass is 282 g/mol. The average molecular weight is 283 g/mol. The number of alkyl halides is 2. The predicted octanol–water partition coefficient (Wildman–Crippen LogP) is 2.40. The van der Waals surface area contributed by atoms with E-state index in [0.717, 1.165) is 6.07 Å². The van der Waals surface area contributed by atoms with Gasteiger partial charge in [-0.25, -0.2) is 13.8 Å². The first-order valence-electron chi connectivity index (χ1n) is 3.71. The Morgan fingerprint density at radius 2 is 2.33 bits per heavy atom. The number of halogens is 3. The molecule has 0 amide bonds. The molecule has 0 saturated heterocycles. The Balaban J connectivity index is 2.91. The van der Waals surface area contributed by atoms with E-state index in [0.29, 0.717) is 4.47 Å². The van der Waals surface area contributed by atoms with Crippen LogP contribution in [0.4, 0.5) is 14.5 Å². The molecule has 0 bridgehead atoms. The molecule has 1 aromatic heterocycles. The Morgan fingerprint density at radius 1 is 1.67 bits per heavy atom. The molecule has 0 atom stereocenters. The lowest BCUT2D eigenvalue weighted by Gasteiger charge is -2.04. The van der Waals surface area contributed by atoms with E-state index in [1.807, 2.05) is 0 Å². The van der Waals surface area contributed by atoms with Crippen LogP contribution >= 0.6 is 15.9 Å². The minimum atomic E-state index is -2.70. The maximum Gasteiger partial charge on any atom is 0.332 e. The number of nitrogens with zero attached hydrogens (tertiary/aromatic N) is 2. The summed E-state index contributed by atoms with van der Waals surface area (Å²) < 4.78 is 28.5. The third kappa shape index (κ3) is 3.39. The van der Waals surface area contributed by atoms with Gasteiger partial charge in [0.25, 0.3) is 12.3 Å². The Morgan fingerprint density at radius 3 is 2.87 bits per heavy atom. The van der Waals surface area contributed by atoms with Crippen molar-refractivity contribution in [2.45, 2.75) is 6.43 Å². The highest BCUT2D eigenvalue weighted by molar-refractivity contribution is 9.10. The second-order valence-electron chi connectivity index (χ2n) is 2.44. The molecule has 1 aromatic rings. The summed E-state index contributed by atoms with van der Waals surface area (Å²) in [6.07, 6.45) is -1.47. The van der Waals surface area contributed by atoms with Crippen LogP contribution in [0.1, 0.15) is 0 Å². The van der Waals surface area contributed by atoms with E-state index < -0.39 is 29.5 Å². The zero-order chi connectivity index (χ0) is 11.4. The molecular formula is C7H5BrF2N2O3. The van der Waals surface area contributed by atoms with Gasteiger partial charge >= 0.3 is 5.69 Å². The molecular weight excluding hydrogens is 278 g/mol. The van der Waals surface area contributed by atoms with E-state index >= 15 is 0 Å². The molecule has 5 nitrogen and oxygen atoms in total. The van der Waals surface area contributed by atoms with E-state index in [1.165, 1.54) is 6.20 Å². The standard InChI is InChI=1S/C7H5BrF2N2O3/c8-4-1-5(12(13)14)7(11-2-4)15-3-6(9)10/h1-2,6H,3H2. The van der Waals surface area contributed by atoms with Crippen LogP contribution in [0.15, 0.2) is 16.7 Å². The van der Waals surface area contributed by atoms with Crippen molar-refractivity contribution in [3.05, 3.63) is 26.9 Å². The van der Waals surface area contributed by atoms with Gasteiger partial charge in [-0.05, 0) is 15.9 Å². The summed E-state index contributed by atoms with van der Waals surface area (Å²) in [5.74, 6) is -0.413. The Bertz CT molecular complexity index is 375. The molecule has 0 N–H and O–H groups in total. The number of aromatic nitrogens is 1. The smallest absolute Gasteiger partial charge is 0.332 e. The average Bonchev–Trinajstić information content (AvgIpc) is 2.15. The zero-order valence-corrected chi connectivity index (χ0v) is 8.78. The fraction of sp³-hybridized carbons (Fsp3) is 0.286. The van der Waals surface area contributed by atoms with Gasteiger partial charge in [0.05, 0.1) is 4.92 Å². The van der Waals surface area contributed by atoms with Gasteiger partial charge in [-0.3, -0.25) is 10.1 Å². The second kappa shape index (κ2) is 4.96. The van der Waals surface area contributed by atoms with Crippen molar-refractivity contribution in [1.29, 1.82) is 0 Å². The normalized spacial score (nSPS) is 10.4. The molecule has 82 valence electrons. The molecule has 0 aliphatic carbocycles. The zero-order valence-electron chi connectivity index (χ0n) is 7.19. The number of rotatable bonds is 4. The van der Waals surface area contributed by atoms with E-state index in [1.54, 1.807) is 0 Å². The van der Waals surface area contributed by atoms with Crippen LogP contribution in [-0.2, 0) is 0 Å². The fourth-order valence-electron chi connectivity index (χ4n) is 0.800. The predicted molar refractivity (Wildman–Crippen MR) is 50.1 cm³/mol. The molecule has 0 spiro atoms. The molecule has 0 saturated carbocycles. The molecule has 0 aromatic carbocycles. The van der Waals surface area contributed by atoms with Crippen LogP contribution in [0.2, 0.25) is 0 Å². The summed E-state index contributed by atoms with van der Waals surface area (Å²) in [6, 6.07) is 1.13. The summed E-state index contributed by atoms with van der Waals surface area (Å²) in [4.78, 5) is 13.3. The SMILES string of the molecule is O=[N+]([O-])c1cc(Br)cnc1OCC(F)F. The third-order valence-electron chi connectivity index (χ3n) is 1.34. The van der Waals surface area contributed by atoms with Crippen molar-refractivity contribution < 1.29 is 18.4 Å². The van der Waals surface area contributed by atoms with Crippen molar-refractivity contribution in [1.82, 2.24) is 4.98 Å². The first-order chi connectivity index (χ1) is 7.00. The van der Waals surface area contributed by atoms with E-state index in [4.69, 9.17) is 0 Å². The van der Waals surface area contributed by atoms with Crippen LogP contribution in [0.25, 0.3) is 0 Å².